The van der Waals surface area contributed by atoms with Gasteiger partial charge < -0.3 is 5.32 Å². The van der Waals surface area contributed by atoms with E-state index in [0.29, 0.717) is 17.4 Å². The fourth-order valence-corrected chi connectivity index (χ4v) is 2.73. The number of hydrogen-bond acceptors (Lipinski definition) is 1. The van der Waals surface area contributed by atoms with Crippen LogP contribution >= 0.6 is 0 Å². The zero-order chi connectivity index (χ0) is 13.3. The molecule has 1 aromatic carbocycles. The second kappa shape index (κ2) is 5.00. The van der Waals surface area contributed by atoms with E-state index in [1.807, 2.05) is 19.1 Å². The van der Waals surface area contributed by atoms with Crippen molar-refractivity contribution in [2.24, 2.45) is 11.3 Å². The molecule has 1 fully saturated rings. The molecule has 0 saturated heterocycles. The molecular weight excluding hydrogens is 225 g/mol. The maximum absolute atomic E-state index is 13.4. The Morgan fingerprint density at radius 1 is 1.44 bits per heavy atom. The SMILES string of the molecule is CCCNC(c1ccc(F)c(C)c1)C1CC1(C)C. The van der Waals surface area contributed by atoms with Crippen LogP contribution in [0.2, 0.25) is 0 Å². The number of benzene rings is 1. The molecule has 1 aliphatic carbocycles. The first-order valence-electron chi connectivity index (χ1n) is 6.95. The van der Waals surface area contributed by atoms with Crippen LogP contribution < -0.4 is 5.32 Å². The summed E-state index contributed by atoms with van der Waals surface area (Å²) in [7, 11) is 0. The van der Waals surface area contributed by atoms with Crippen LogP contribution in [0, 0.1) is 24.1 Å². The largest absolute Gasteiger partial charge is 0.310 e. The number of aryl methyl sites for hydroxylation is 1. The Bertz CT molecular complexity index is 425. The van der Waals surface area contributed by atoms with E-state index in [1.165, 1.54) is 12.0 Å². The van der Waals surface area contributed by atoms with Crippen LogP contribution in [0.4, 0.5) is 4.39 Å². The number of nitrogens with one attached hydrogen (secondary N) is 1. The van der Waals surface area contributed by atoms with Gasteiger partial charge in [-0.05, 0) is 54.8 Å². The fraction of sp³-hybridized carbons (Fsp3) is 0.625. The van der Waals surface area contributed by atoms with Crippen LogP contribution in [0.5, 0.6) is 0 Å². The highest BCUT2D eigenvalue weighted by molar-refractivity contribution is 5.29. The smallest absolute Gasteiger partial charge is 0.126 e. The minimum Gasteiger partial charge on any atom is -0.310 e. The molecule has 0 aromatic heterocycles. The lowest BCUT2D eigenvalue weighted by Crippen LogP contribution is -2.25. The quantitative estimate of drug-likeness (QED) is 0.823. The predicted octanol–water partition coefficient (Wildman–Crippen LogP) is 4.22. The molecule has 1 aliphatic rings. The summed E-state index contributed by atoms with van der Waals surface area (Å²) in [6.07, 6.45) is 2.38. The van der Waals surface area contributed by atoms with Gasteiger partial charge in [0.1, 0.15) is 5.82 Å². The van der Waals surface area contributed by atoms with Gasteiger partial charge in [0.15, 0.2) is 0 Å². The molecular formula is C16H24FN. The summed E-state index contributed by atoms with van der Waals surface area (Å²) in [4.78, 5) is 0. The van der Waals surface area contributed by atoms with E-state index in [2.05, 4.69) is 26.1 Å². The molecule has 2 atom stereocenters. The van der Waals surface area contributed by atoms with Gasteiger partial charge in [0.05, 0.1) is 0 Å². The first-order valence-corrected chi connectivity index (χ1v) is 6.95. The van der Waals surface area contributed by atoms with Crippen molar-refractivity contribution < 1.29 is 4.39 Å². The monoisotopic (exact) mass is 249 g/mol. The lowest BCUT2D eigenvalue weighted by molar-refractivity contribution is 0.415. The summed E-state index contributed by atoms with van der Waals surface area (Å²) in [5, 5.41) is 3.63. The molecule has 2 rings (SSSR count). The first-order chi connectivity index (χ1) is 8.45. The van der Waals surface area contributed by atoms with Crippen molar-refractivity contribution in [2.75, 3.05) is 6.54 Å². The lowest BCUT2D eigenvalue weighted by atomic mass is 9.95. The number of rotatable bonds is 5. The summed E-state index contributed by atoms with van der Waals surface area (Å²) >= 11 is 0. The zero-order valence-electron chi connectivity index (χ0n) is 11.9. The van der Waals surface area contributed by atoms with Crippen LogP contribution in [0.3, 0.4) is 0 Å². The van der Waals surface area contributed by atoms with Crippen LogP contribution in [0.25, 0.3) is 0 Å². The van der Waals surface area contributed by atoms with Crippen LogP contribution in [-0.2, 0) is 0 Å². The van der Waals surface area contributed by atoms with Gasteiger partial charge >= 0.3 is 0 Å². The van der Waals surface area contributed by atoms with E-state index >= 15 is 0 Å². The fourth-order valence-electron chi connectivity index (χ4n) is 2.73. The summed E-state index contributed by atoms with van der Waals surface area (Å²) in [6.45, 7) is 9.67. The third-order valence-electron chi connectivity index (χ3n) is 4.15. The lowest BCUT2D eigenvalue weighted by Gasteiger charge is -2.21. The van der Waals surface area contributed by atoms with Crippen molar-refractivity contribution in [1.82, 2.24) is 5.32 Å². The minimum absolute atomic E-state index is 0.108. The van der Waals surface area contributed by atoms with Crippen LogP contribution in [0.15, 0.2) is 18.2 Å². The van der Waals surface area contributed by atoms with Gasteiger partial charge in [0, 0.05) is 6.04 Å². The molecule has 0 radical (unpaired) electrons. The molecule has 100 valence electrons. The summed E-state index contributed by atoms with van der Waals surface area (Å²) < 4.78 is 13.4. The molecule has 0 amide bonds. The van der Waals surface area contributed by atoms with Crippen molar-refractivity contribution in [3.05, 3.63) is 35.1 Å². The average Bonchev–Trinajstić information content (AvgIpc) is 2.93. The summed E-state index contributed by atoms with van der Waals surface area (Å²) in [5.74, 6) is 0.567. The summed E-state index contributed by atoms with van der Waals surface area (Å²) in [6, 6.07) is 5.90. The Kier molecular flexibility index (Phi) is 3.76. The van der Waals surface area contributed by atoms with Gasteiger partial charge in [-0.25, -0.2) is 4.39 Å². The van der Waals surface area contributed by atoms with Gasteiger partial charge in [-0.3, -0.25) is 0 Å². The maximum atomic E-state index is 13.4. The molecule has 1 saturated carbocycles. The Balaban J connectivity index is 2.20. The van der Waals surface area contributed by atoms with Crippen molar-refractivity contribution >= 4 is 0 Å². The molecule has 1 aromatic rings. The average molecular weight is 249 g/mol. The Hall–Kier alpha value is -0.890. The molecule has 1 N–H and O–H groups in total. The maximum Gasteiger partial charge on any atom is 0.126 e. The van der Waals surface area contributed by atoms with Crippen LogP contribution in [-0.4, -0.2) is 6.54 Å². The van der Waals surface area contributed by atoms with E-state index < -0.39 is 0 Å². The minimum atomic E-state index is -0.108. The topological polar surface area (TPSA) is 12.0 Å². The van der Waals surface area contributed by atoms with Gasteiger partial charge in [0.25, 0.3) is 0 Å². The second-order valence-electron chi connectivity index (χ2n) is 6.24. The normalized spacial score (nSPS) is 22.8. The van der Waals surface area contributed by atoms with E-state index in [1.54, 1.807) is 6.07 Å². The standard InChI is InChI=1S/C16H24FN/c1-5-8-18-15(13-10-16(13,3)4)12-6-7-14(17)11(2)9-12/h6-7,9,13,15,18H,5,8,10H2,1-4H3. The number of halogens is 1. The van der Waals surface area contributed by atoms with Gasteiger partial charge in [-0.1, -0.05) is 32.9 Å². The van der Waals surface area contributed by atoms with E-state index in [0.717, 1.165) is 18.5 Å². The Morgan fingerprint density at radius 3 is 2.61 bits per heavy atom. The van der Waals surface area contributed by atoms with Crippen molar-refractivity contribution in [1.29, 1.82) is 0 Å². The molecule has 0 aliphatic heterocycles. The van der Waals surface area contributed by atoms with Crippen molar-refractivity contribution in [3.8, 4) is 0 Å². The Morgan fingerprint density at radius 2 is 2.11 bits per heavy atom. The molecule has 0 spiro atoms. The highest BCUT2D eigenvalue weighted by Gasteiger charge is 2.50. The molecule has 2 heteroatoms. The zero-order valence-corrected chi connectivity index (χ0v) is 11.9. The summed E-state index contributed by atoms with van der Waals surface area (Å²) in [5.41, 5.74) is 2.40. The molecule has 1 nitrogen and oxygen atoms in total. The first kappa shape index (κ1) is 13.5. The van der Waals surface area contributed by atoms with E-state index in [-0.39, 0.29) is 5.82 Å². The highest BCUT2D eigenvalue weighted by atomic mass is 19.1. The van der Waals surface area contributed by atoms with E-state index in [4.69, 9.17) is 0 Å². The second-order valence-corrected chi connectivity index (χ2v) is 6.24. The van der Waals surface area contributed by atoms with E-state index in [9.17, 15) is 4.39 Å². The third kappa shape index (κ3) is 2.74. The Labute approximate surface area is 110 Å². The van der Waals surface area contributed by atoms with Gasteiger partial charge in [-0.2, -0.15) is 0 Å². The molecule has 18 heavy (non-hydrogen) atoms. The number of hydrogen-bond donors (Lipinski definition) is 1. The molecule has 0 bridgehead atoms. The van der Waals surface area contributed by atoms with Crippen molar-refractivity contribution in [2.45, 2.75) is 46.6 Å². The predicted molar refractivity (Wildman–Crippen MR) is 74.1 cm³/mol. The van der Waals surface area contributed by atoms with Gasteiger partial charge in [-0.15, -0.1) is 0 Å². The van der Waals surface area contributed by atoms with Crippen molar-refractivity contribution in [3.63, 3.8) is 0 Å². The highest BCUT2D eigenvalue weighted by Crippen LogP contribution is 2.57. The third-order valence-corrected chi connectivity index (χ3v) is 4.15. The molecule has 2 unspecified atom stereocenters. The van der Waals surface area contributed by atoms with Crippen LogP contribution in [0.1, 0.15) is 50.8 Å². The van der Waals surface area contributed by atoms with Gasteiger partial charge in [0.2, 0.25) is 0 Å². The molecule has 0 heterocycles.